The van der Waals surface area contributed by atoms with Gasteiger partial charge in [-0.1, -0.05) is 13.0 Å². The number of amides is 1. The number of hydrogen-bond donors (Lipinski definition) is 2. The number of carbonyl (C=O) groups excluding carboxylic acids is 1. The van der Waals surface area contributed by atoms with Gasteiger partial charge in [-0.2, -0.15) is 0 Å². The van der Waals surface area contributed by atoms with Crippen LogP contribution in [0.4, 0.5) is 0 Å². The van der Waals surface area contributed by atoms with E-state index in [1.165, 1.54) is 0 Å². The third kappa shape index (κ3) is 2.84. The molecule has 0 aromatic heterocycles. The summed E-state index contributed by atoms with van der Waals surface area (Å²) in [4.78, 5) is 11.5. The molecule has 13 heavy (non-hydrogen) atoms. The van der Waals surface area contributed by atoms with Crippen LogP contribution in [0.2, 0.25) is 0 Å². The zero-order chi connectivity index (χ0) is 9.68. The molecule has 0 aromatic rings. The molecule has 2 N–H and O–H groups in total. The maximum absolute atomic E-state index is 11.5. The molecule has 0 aliphatic carbocycles. The Balaban J connectivity index is 2.26. The van der Waals surface area contributed by atoms with Crippen molar-refractivity contribution in [2.45, 2.75) is 25.8 Å². The quantitative estimate of drug-likeness (QED) is 0.496. The summed E-state index contributed by atoms with van der Waals surface area (Å²) < 4.78 is 0. The Bertz CT molecular complexity index is 191. The first-order valence-electron chi connectivity index (χ1n) is 4.87. The third-order valence-electron chi connectivity index (χ3n) is 2.46. The zero-order valence-corrected chi connectivity index (χ0v) is 8.18. The van der Waals surface area contributed by atoms with Crippen molar-refractivity contribution in [2.75, 3.05) is 13.1 Å². The summed E-state index contributed by atoms with van der Waals surface area (Å²) in [6, 6.07) is 0.0183. The summed E-state index contributed by atoms with van der Waals surface area (Å²) in [5.74, 6) is 0.593. The van der Waals surface area contributed by atoms with Gasteiger partial charge in [0.05, 0.1) is 6.04 Å². The van der Waals surface area contributed by atoms with Gasteiger partial charge in [-0.25, -0.2) is 0 Å². The van der Waals surface area contributed by atoms with Crippen molar-refractivity contribution in [3.05, 3.63) is 12.7 Å². The molecule has 3 heteroatoms. The highest BCUT2D eigenvalue weighted by Crippen LogP contribution is 2.13. The van der Waals surface area contributed by atoms with Crippen molar-refractivity contribution in [3.63, 3.8) is 0 Å². The molecule has 0 aromatic carbocycles. The lowest BCUT2D eigenvalue weighted by Gasteiger charge is -2.14. The van der Waals surface area contributed by atoms with E-state index >= 15 is 0 Å². The first-order chi connectivity index (χ1) is 6.25. The molecule has 74 valence electrons. The van der Waals surface area contributed by atoms with E-state index in [4.69, 9.17) is 0 Å². The maximum Gasteiger partial charge on any atom is 0.237 e. The van der Waals surface area contributed by atoms with Gasteiger partial charge in [-0.15, -0.1) is 6.58 Å². The molecule has 1 heterocycles. The van der Waals surface area contributed by atoms with Crippen molar-refractivity contribution in [2.24, 2.45) is 5.92 Å². The summed E-state index contributed by atoms with van der Waals surface area (Å²) in [6.45, 7) is 7.37. The standard InChI is InChI=1S/C10H18N2O/c1-3-4-6-12-10(13)9-8(2)5-7-11-9/h3,8-9,11H,1,4-7H2,2H3,(H,12,13). The Kier molecular flexibility index (Phi) is 3.96. The summed E-state index contributed by atoms with van der Waals surface area (Å²) >= 11 is 0. The van der Waals surface area contributed by atoms with E-state index in [2.05, 4.69) is 24.1 Å². The SMILES string of the molecule is C=CCCNC(=O)C1NCCC1C. The minimum absolute atomic E-state index is 0.0183. The van der Waals surface area contributed by atoms with Gasteiger partial charge in [0.15, 0.2) is 0 Å². The first-order valence-corrected chi connectivity index (χ1v) is 4.87. The summed E-state index contributed by atoms with van der Waals surface area (Å²) in [5.41, 5.74) is 0. The second-order valence-electron chi connectivity index (χ2n) is 3.57. The number of carbonyl (C=O) groups is 1. The van der Waals surface area contributed by atoms with Crippen molar-refractivity contribution >= 4 is 5.91 Å². The van der Waals surface area contributed by atoms with Crippen molar-refractivity contribution < 1.29 is 4.79 Å². The fourth-order valence-electron chi connectivity index (χ4n) is 1.59. The molecule has 0 radical (unpaired) electrons. The number of hydrogen-bond acceptors (Lipinski definition) is 2. The lowest BCUT2D eigenvalue weighted by molar-refractivity contribution is -0.123. The highest BCUT2D eigenvalue weighted by Gasteiger charge is 2.28. The number of nitrogens with one attached hydrogen (secondary N) is 2. The summed E-state index contributed by atoms with van der Waals surface area (Å²) in [6.07, 6.45) is 3.75. The fourth-order valence-corrected chi connectivity index (χ4v) is 1.59. The second-order valence-corrected chi connectivity index (χ2v) is 3.57. The zero-order valence-electron chi connectivity index (χ0n) is 8.18. The molecule has 1 amide bonds. The van der Waals surface area contributed by atoms with Gasteiger partial charge in [0.2, 0.25) is 5.91 Å². The Morgan fingerprint density at radius 2 is 2.54 bits per heavy atom. The molecular formula is C10H18N2O. The Morgan fingerprint density at radius 1 is 1.77 bits per heavy atom. The van der Waals surface area contributed by atoms with E-state index in [-0.39, 0.29) is 11.9 Å². The molecule has 0 spiro atoms. The van der Waals surface area contributed by atoms with Crippen LogP contribution in [0.25, 0.3) is 0 Å². The van der Waals surface area contributed by atoms with Gasteiger partial charge in [-0.05, 0) is 25.3 Å². The average Bonchev–Trinajstić information content (AvgIpc) is 2.52. The highest BCUT2D eigenvalue weighted by atomic mass is 16.2. The van der Waals surface area contributed by atoms with Gasteiger partial charge in [0.1, 0.15) is 0 Å². The first kappa shape index (κ1) is 10.3. The Labute approximate surface area is 79.6 Å². The topological polar surface area (TPSA) is 41.1 Å². The minimum atomic E-state index is 0.0183. The van der Waals surface area contributed by atoms with Crippen LogP contribution in [0.1, 0.15) is 19.8 Å². The highest BCUT2D eigenvalue weighted by molar-refractivity contribution is 5.82. The fraction of sp³-hybridized carbons (Fsp3) is 0.700. The van der Waals surface area contributed by atoms with Gasteiger partial charge in [0.25, 0.3) is 0 Å². The Morgan fingerprint density at radius 3 is 3.08 bits per heavy atom. The molecule has 3 nitrogen and oxygen atoms in total. The molecule has 0 bridgehead atoms. The van der Waals surface area contributed by atoms with Gasteiger partial charge in [0, 0.05) is 6.54 Å². The van der Waals surface area contributed by atoms with E-state index in [1.54, 1.807) is 0 Å². The lowest BCUT2D eigenvalue weighted by atomic mass is 10.0. The minimum Gasteiger partial charge on any atom is -0.354 e. The third-order valence-corrected chi connectivity index (χ3v) is 2.46. The largest absolute Gasteiger partial charge is 0.354 e. The van der Waals surface area contributed by atoms with Crippen molar-refractivity contribution in [1.82, 2.24) is 10.6 Å². The Hall–Kier alpha value is -0.830. The lowest BCUT2D eigenvalue weighted by Crippen LogP contribution is -2.43. The molecule has 0 saturated carbocycles. The summed E-state index contributed by atoms with van der Waals surface area (Å²) in [7, 11) is 0. The smallest absolute Gasteiger partial charge is 0.237 e. The van der Waals surface area contributed by atoms with Gasteiger partial charge < -0.3 is 10.6 Å². The van der Waals surface area contributed by atoms with E-state index in [0.717, 1.165) is 19.4 Å². The molecule has 1 fully saturated rings. The predicted molar refractivity (Wildman–Crippen MR) is 53.4 cm³/mol. The van der Waals surface area contributed by atoms with Crippen LogP contribution in [-0.2, 0) is 4.79 Å². The molecule has 1 aliphatic heterocycles. The van der Waals surface area contributed by atoms with E-state index in [0.29, 0.717) is 12.5 Å². The molecule has 2 atom stereocenters. The van der Waals surface area contributed by atoms with Crippen LogP contribution in [0.15, 0.2) is 12.7 Å². The van der Waals surface area contributed by atoms with E-state index in [9.17, 15) is 4.79 Å². The van der Waals surface area contributed by atoms with Crippen molar-refractivity contribution in [3.8, 4) is 0 Å². The van der Waals surface area contributed by atoms with E-state index in [1.807, 2.05) is 6.08 Å². The normalized spacial score (nSPS) is 27.2. The van der Waals surface area contributed by atoms with E-state index < -0.39 is 0 Å². The van der Waals surface area contributed by atoms with Crippen LogP contribution in [0, 0.1) is 5.92 Å². The van der Waals surface area contributed by atoms with Gasteiger partial charge >= 0.3 is 0 Å². The molecule has 1 saturated heterocycles. The molecular weight excluding hydrogens is 164 g/mol. The predicted octanol–water partition coefficient (Wildman–Crippen LogP) is 0.677. The summed E-state index contributed by atoms with van der Waals surface area (Å²) in [5, 5.41) is 6.08. The average molecular weight is 182 g/mol. The van der Waals surface area contributed by atoms with Crippen LogP contribution in [0.3, 0.4) is 0 Å². The van der Waals surface area contributed by atoms with Gasteiger partial charge in [-0.3, -0.25) is 4.79 Å². The molecule has 2 unspecified atom stereocenters. The number of rotatable bonds is 4. The second kappa shape index (κ2) is 5.02. The van der Waals surface area contributed by atoms with Crippen LogP contribution >= 0.6 is 0 Å². The van der Waals surface area contributed by atoms with Crippen LogP contribution in [-0.4, -0.2) is 25.0 Å². The van der Waals surface area contributed by atoms with Crippen LogP contribution in [0.5, 0.6) is 0 Å². The van der Waals surface area contributed by atoms with Crippen molar-refractivity contribution in [1.29, 1.82) is 0 Å². The van der Waals surface area contributed by atoms with Crippen LogP contribution < -0.4 is 10.6 Å². The molecule has 1 aliphatic rings. The molecule has 1 rings (SSSR count). The maximum atomic E-state index is 11.5. The monoisotopic (exact) mass is 182 g/mol.